The molecule has 1 aliphatic carbocycles. The summed E-state index contributed by atoms with van der Waals surface area (Å²) in [6, 6.07) is 18.6. The van der Waals surface area contributed by atoms with Crippen molar-refractivity contribution < 1.29 is 22.7 Å². The number of hydrogen-bond donors (Lipinski definition) is 1. The molecule has 3 aromatic carbocycles. The van der Waals surface area contributed by atoms with Gasteiger partial charge in [0.15, 0.2) is 0 Å². The molecular formula is C32H37Cl2N3O5S. The Labute approximate surface area is 264 Å². The van der Waals surface area contributed by atoms with E-state index in [1.807, 2.05) is 0 Å². The van der Waals surface area contributed by atoms with Crippen LogP contribution in [0.4, 0.5) is 5.69 Å². The van der Waals surface area contributed by atoms with Crippen LogP contribution in [0.1, 0.15) is 51.5 Å². The number of anilines is 1. The third kappa shape index (κ3) is 8.22. The second kappa shape index (κ2) is 14.9. The van der Waals surface area contributed by atoms with Gasteiger partial charge < -0.3 is 15.0 Å². The number of halogens is 2. The molecule has 0 heterocycles. The summed E-state index contributed by atoms with van der Waals surface area (Å²) in [5, 5.41) is 3.86. The number of carbonyl (C=O) groups is 2. The molecule has 11 heteroatoms. The van der Waals surface area contributed by atoms with Crippen molar-refractivity contribution in [1.82, 2.24) is 10.2 Å². The number of ether oxygens (including phenoxy) is 1. The maximum absolute atomic E-state index is 14.2. The standard InChI is InChI=1S/C32H37Cl2N3O5S/c1-3-42-30-17-11-10-16-29(30)37(43(40,41)27-14-8-5-9-15-27)22-31(38)36(21-24-18-19-25(33)20-28(24)34)23(2)32(39)35-26-12-6-4-7-13-26/h5,8-11,14-20,23,26H,3-4,6-7,12-13,21-22H2,1-2H3,(H,35,39)/t23-/m0/s1. The maximum atomic E-state index is 14.2. The summed E-state index contributed by atoms with van der Waals surface area (Å²) in [6.07, 6.45) is 4.97. The number of nitrogens with one attached hydrogen (secondary N) is 1. The first-order chi connectivity index (χ1) is 20.6. The van der Waals surface area contributed by atoms with Gasteiger partial charge in [0.05, 0.1) is 17.2 Å². The Balaban J connectivity index is 1.72. The van der Waals surface area contributed by atoms with Gasteiger partial charge in [0.25, 0.3) is 10.0 Å². The van der Waals surface area contributed by atoms with Crippen molar-refractivity contribution in [2.75, 3.05) is 17.5 Å². The maximum Gasteiger partial charge on any atom is 0.264 e. The van der Waals surface area contributed by atoms with Crippen LogP contribution in [0.25, 0.3) is 0 Å². The minimum atomic E-state index is -4.22. The molecular weight excluding hydrogens is 609 g/mol. The van der Waals surface area contributed by atoms with E-state index in [0.29, 0.717) is 28.0 Å². The SMILES string of the molecule is CCOc1ccccc1N(CC(=O)N(Cc1ccc(Cl)cc1Cl)[C@@H](C)C(=O)NC1CCCCC1)S(=O)(=O)c1ccccc1. The van der Waals surface area contributed by atoms with Crippen LogP contribution in [-0.2, 0) is 26.2 Å². The fraction of sp³-hybridized carbons (Fsp3) is 0.375. The van der Waals surface area contributed by atoms with Crippen LogP contribution in [0.5, 0.6) is 5.75 Å². The zero-order chi connectivity index (χ0) is 31.0. The highest BCUT2D eigenvalue weighted by molar-refractivity contribution is 7.92. The first-order valence-electron chi connectivity index (χ1n) is 14.4. The molecule has 43 heavy (non-hydrogen) atoms. The number of rotatable bonds is 12. The van der Waals surface area contributed by atoms with Gasteiger partial charge in [-0.1, -0.05) is 78.9 Å². The number of para-hydroxylation sites is 2. The Morgan fingerprint density at radius 3 is 2.33 bits per heavy atom. The van der Waals surface area contributed by atoms with E-state index in [1.165, 1.54) is 17.0 Å². The lowest BCUT2D eigenvalue weighted by Gasteiger charge is -2.33. The van der Waals surface area contributed by atoms with Crippen LogP contribution in [0.2, 0.25) is 10.0 Å². The monoisotopic (exact) mass is 645 g/mol. The summed E-state index contributed by atoms with van der Waals surface area (Å²) in [5.74, 6) is -0.576. The van der Waals surface area contributed by atoms with Crippen molar-refractivity contribution in [3.8, 4) is 5.75 Å². The summed E-state index contributed by atoms with van der Waals surface area (Å²) in [7, 11) is -4.22. The van der Waals surface area contributed by atoms with Gasteiger partial charge in [-0.3, -0.25) is 13.9 Å². The van der Waals surface area contributed by atoms with E-state index < -0.39 is 28.5 Å². The third-order valence-electron chi connectivity index (χ3n) is 7.52. The Bertz CT molecular complexity index is 1510. The Morgan fingerprint density at radius 2 is 1.65 bits per heavy atom. The van der Waals surface area contributed by atoms with Crippen molar-refractivity contribution in [2.24, 2.45) is 0 Å². The number of hydrogen-bond acceptors (Lipinski definition) is 5. The molecule has 2 amide bonds. The first kappa shape index (κ1) is 32.6. The molecule has 230 valence electrons. The lowest BCUT2D eigenvalue weighted by atomic mass is 9.95. The Kier molecular flexibility index (Phi) is 11.3. The van der Waals surface area contributed by atoms with Gasteiger partial charge in [-0.05, 0) is 68.7 Å². The molecule has 0 unspecified atom stereocenters. The lowest BCUT2D eigenvalue weighted by molar-refractivity contribution is -0.139. The molecule has 3 aromatic rings. The number of nitrogens with zero attached hydrogens (tertiary/aromatic N) is 2. The molecule has 1 aliphatic rings. The van der Waals surface area contributed by atoms with Crippen molar-refractivity contribution in [3.05, 3.63) is 88.4 Å². The molecule has 1 atom stereocenters. The number of carbonyl (C=O) groups excluding carboxylic acids is 2. The molecule has 1 N–H and O–H groups in total. The number of sulfonamides is 1. The summed E-state index contributed by atoms with van der Waals surface area (Å²) in [5.41, 5.74) is 0.786. The molecule has 0 aliphatic heterocycles. The first-order valence-corrected chi connectivity index (χ1v) is 16.6. The van der Waals surface area contributed by atoms with Gasteiger partial charge in [-0.2, -0.15) is 0 Å². The van der Waals surface area contributed by atoms with Crippen LogP contribution in [0, 0.1) is 0 Å². The predicted octanol–water partition coefficient (Wildman–Crippen LogP) is 6.45. The van der Waals surface area contributed by atoms with Crippen molar-refractivity contribution >= 4 is 50.7 Å². The molecule has 1 saturated carbocycles. The van der Waals surface area contributed by atoms with Gasteiger partial charge >= 0.3 is 0 Å². The molecule has 4 rings (SSSR count). The smallest absolute Gasteiger partial charge is 0.264 e. The second-order valence-corrected chi connectivity index (χ2v) is 13.2. The summed E-state index contributed by atoms with van der Waals surface area (Å²) in [6.45, 7) is 3.13. The Hall–Kier alpha value is -3.27. The average Bonchev–Trinajstić information content (AvgIpc) is 3.00. The van der Waals surface area contributed by atoms with Crippen LogP contribution in [0.15, 0.2) is 77.7 Å². The lowest BCUT2D eigenvalue weighted by Crippen LogP contribution is -2.53. The minimum absolute atomic E-state index is 0.0180. The van der Waals surface area contributed by atoms with E-state index in [4.69, 9.17) is 27.9 Å². The highest BCUT2D eigenvalue weighted by Gasteiger charge is 2.34. The van der Waals surface area contributed by atoms with Crippen LogP contribution < -0.4 is 14.4 Å². The van der Waals surface area contributed by atoms with E-state index in [-0.39, 0.29) is 29.1 Å². The van der Waals surface area contributed by atoms with E-state index in [0.717, 1.165) is 36.4 Å². The quantitative estimate of drug-likeness (QED) is 0.244. The zero-order valence-electron chi connectivity index (χ0n) is 24.3. The van der Waals surface area contributed by atoms with Gasteiger partial charge in [-0.25, -0.2) is 8.42 Å². The van der Waals surface area contributed by atoms with Gasteiger partial charge in [0, 0.05) is 22.6 Å². The van der Waals surface area contributed by atoms with E-state index in [2.05, 4.69) is 5.32 Å². The number of amides is 2. The number of benzene rings is 3. The van der Waals surface area contributed by atoms with Crippen molar-refractivity contribution in [2.45, 2.75) is 69.5 Å². The highest BCUT2D eigenvalue weighted by atomic mass is 35.5. The Morgan fingerprint density at radius 1 is 0.977 bits per heavy atom. The zero-order valence-corrected chi connectivity index (χ0v) is 26.7. The molecule has 1 fully saturated rings. The summed E-state index contributed by atoms with van der Waals surface area (Å²) < 4.78 is 34.9. The largest absolute Gasteiger partial charge is 0.492 e. The minimum Gasteiger partial charge on any atom is -0.492 e. The second-order valence-electron chi connectivity index (χ2n) is 10.5. The predicted molar refractivity (Wildman–Crippen MR) is 170 cm³/mol. The van der Waals surface area contributed by atoms with Gasteiger partial charge in [0.2, 0.25) is 11.8 Å². The fourth-order valence-electron chi connectivity index (χ4n) is 5.16. The molecule has 0 radical (unpaired) electrons. The van der Waals surface area contributed by atoms with Crippen LogP contribution >= 0.6 is 23.2 Å². The third-order valence-corrected chi connectivity index (χ3v) is 9.88. The van der Waals surface area contributed by atoms with E-state index in [1.54, 1.807) is 74.5 Å². The van der Waals surface area contributed by atoms with Crippen LogP contribution in [-0.4, -0.2) is 50.4 Å². The summed E-state index contributed by atoms with van der Waals surface area (Å²) in [4.78, 5) is 29.1. The molecule has 0 aromatic heterocycles. The van der Waals surface area contributed by atoms with Crippen molar-refractivity contribution in [1.29, 1.82) is 0 Å². The normalized spacial score (nSPS) is 14.5. The van der Waals surface area contributed by atoms with Crippen LogP contribution in [0.3, 0.4) is 0 Å². The molecule has 0 saturated heterocycles. The fourth-order valence-corrected chi connectivity index (χ4v) is 7.07. The topological polar surface area (TPSA) is 96.0 Å². The van der Waals surface area contributed by atoms with Gasteiger partial charge in [0.1, 0.15) is 18.3 Å². The average molecular weight is 647 g/mol. The van der Waals surface area contributed by atoms with E-state index in [9.17, 15) is 18.0 Å². The van der Waals surface area contributed by atoms with Gasteiger partial charge in [-0.15, -0.1) is 0 Å². The molecule has 8 nitrogen and oxygen atoms in total. The van der Waals surface area contributed by atoms with Crippen molar-refractivity contribution in [3.63, 3.8) is 0 Å². The highest BCUT2D eigenvalue weighted by Crippen LogP contribution is 2.33. The molecule has 0 spiro atoms. The summed E-state index contributed by atoms with van der Waals surface area (Å²) >= 11 is 12.6. The van der Waals surface area contributed by atoms with E-state index >= 15 is 0 Å². The molecule has 0 bridgehead atoms.